The summed E-state index contributed by atoms with van der Waals surface area (Å²) in [6.07, 6.45) is 0. The second-order valence-electron chi connectivity index (χ2n) is 1.33. The number of hydrogen-bond donors (Lipinski definition) is 1. The highest BCUT2D eigenvalue weighted by molar-refractivity contribution is 4.26. The van der Waals surface area contributed by atoms with Crippen molar-refractivity contribution in [3.05, 3.63) is 0 Å². The van der Waals surface area contributed by atoms with Crippen LogP contribution in [0.5, 0.6) is 0 Å². The smallest absolute Gasteiger partial charge is 0.0701 e. The first-order valence-electron chi connectivity index (χ1n) is 2.59. The van der Waals surface area contributed by atoms with Crippen molar-refractivity contribution in [2.45, 2.75) is 7.43 Å². The number of hydrogen-bond acceptors (Lipinski definition) is 3. The molecular formula is C6H16O3. The van der Waals surface area contributed by atoms with Crippen LogP contribution >= 0.6 is 0 Å². The predicted octanol–water partition coefficient (Wildman–Crippen LogP) is 0.278. The number of ether oxygens (including phenoxy) is 2. The second-order valence-corrected chi connectivity index (χ2v) is 1.33. The van der Waals surface area contributed by atoms with E-state index in [9.17, 15) is 0 Å². The summed E-state index contributed by atoms with van der Waals surface area (Å²) in [5.74, 6) is 0. The fraction of sp³-hybridized carbons (Fsp3) is 1.00. The van der Waals surface area contributed by atoms with Gasteiger partial charge in [-0.1, -0.05) is 7.43 Å². The van der Waals surface area contributed by atoms with E-state index in [4.69, 9.17) is 9.84 Å². The lowest BCUT2D eigenvalue weighted by atomic mass is 10.7. The monoisotopic (exact) mass is 136 g/mol. The van der Waals surface area contributed by atoms with Crippen molar-refractivity contribution in [3.8, 4) is 0 Å². The minimum Gasteiger partial charge on any atom is -0.394 e. The summed E-state index contributed by atoms with van der Waals surface area (Å²) in [5, 5.41) is 8.20. The Bertz CT molecular complexity index is 33.3. The third kappa shape index (κ3) is 11.4. The van der Waals surface area contributed by atoms with Crippen molar-refractivity contribution in [1.82, 2.24) is 0 Å². The van der Waals surface area contributed by atoms with Crippen LogP contribution in [0.15, 0.2) is 0 Å². The van der Waals surface area contributed by atoms with E-state index in [-0.39, 0.29) is 14.0 Å². The molecule has 0 unspecified atom stereocenters. The Morgan fingerprint density at radius 2 is 1.89 bits per heavy atom. The van der Waals surface area contributed by atoms with Gasteiger partial charge in [-0.05, 0) is 0 Å². The van der Waals surface area contributed by atoms with Gasteiger partial charge < -0.3 is 14.6 Å². The van der Waals surface area contributed by atoms with Gasteiger partial charge in [-0.25, -0.2) is 0 Å². The minimum absolute atomic E-state index is 0. The fourth-order valence-electron chi connectivity index (χ4n) is 0.309. The molecule has 1 N–H and O–H groups in total. The van der Waals surface area contributed by atoms with Crippen LogP contribution in [0.1, 0.15) is 7.43 Å². The van der Waals surface area contributed by atoms with Crippen molar-refractivity contribution in [2.24, 2.45) is 0 Å². The lowest BCUT2D eigenvalue weighted by Gasteiger charge is -1.98. The third-order valence-electron chi connectivity index (χ3n) is 0.667. The molecule has 0 aliphatic carbocycles. The highest BCUT2D eigenvalue weighted by Gasteiger charge is 1.82. The summed E-state index contributed by atoms with van der Waals surface area (Å²) in [7, 11) is 1.61. The van der Waals surface area contributed by atoms with Crippen LogP contribution in [-0.2, 0) is 9.47 Å². The molecule has 0 saturated heterocycles. The Morgan fingerprint density at radius 3 is 2.33 bits per heavy atom. The molecule has 0 atom stereocenters. The predicted molar refractivity (Wildman–Crippen MR) is 36.5 cm³/mol. The van der Waals surface area contributed by atoms with E-state index < -0.39 is 0 Å². The van der Waals surface area contributed by atoms with Gasteiger partial charge in [0.05, 0.1) is 26.4 Å². The van der Waals surface area contributed by atoms with Crippen LogP contribution in [0.3, 0.4) is 0 Å². The van der Waals surface area contributed by atoms with Gasteiger partial charge in [-0.15, -0.1) is 0 Å². The van der Waals surface area contributed by atoms with E-state index in [1.54, 1.807) is 7.11 Å². The van der Waals surface area contributed by atoms with Gasteiger partial charge in [0.25, 0.3) is 0 Å². The first-order chi connectivity index (χ1) is 3.91. The maximum Gasteiger partial charge on any atom is 0.0701 e. The van der Waals surface area contributed by atoms with Crippen LogP contribution in [0.25, 0.3) is 0 Å². The van der Waals surface area contributed by atoms with E-state index in [2.05, 4.69) is 4.74 Å². The molecule has 0 aromatic heterocycles. The maximum atomic E-state index is 8.20. The second kappa shape index (κ2) is 10.8. The molecule has 0 saturated carbocycles. The molecule has 3 heteroatoms. The van der Waals surface area contributed by atoms with E-state index in [0.29, 0.717) is 19.8 Å². The first kappa shape index (κ1) is 11.6. The maximum absolute atomic E-state index is 8.20. The topological polar surface area (TPSA) is 38.7 Å². The van der Waals surface area contributed by atoms with Crippen LogP contribution in [0.4, 0.5) is 0 Å². The first-order valence-corrected chi connectivity index (χ1v) is 2.59. The Kier molecular flexibility index (Phi) is 14.0. The van der Waals surface area contributed by atoms with Crippen molar-refractivity contribution in [2.75, 3.05) is 33.5 Å². The lowest BCUT2D eigenvalue weighted by molar-refractivity contribution is 0.0500. The van der Waals surface area contributed by atoms with Crippen LogP contribution < -0.4 is 0 Å². The van der Waals surface area contributed by atoms with Gasteiger partial charge in [0.15, 0.2) is 0 Å². The van der Waals surface area contributed by atoms with E-state index in [1.165, 1.54) is 0 Å². The van der Waals surface area contributed by atoms with Crippen molar-refractivity contribution in [3.63, 3.8) is 0 Å². The molecule has 0 amide bonds. The number of aliphatic hydroxyl groups excluding tert-OH is 1. The SMILES string of the molecule is C.COCCOCCO. The molecule has 0 aliphatic heterocycles. The number of aliphatic hydroxyl groups is 1. The summed E-state index contributed by atoms with van der Waals surface area (Å²) < 4.78 is 9.53. The normalized spacial score (nSPS) is 8.67. The molecule has 9 heavy (non-hydrogen) atoms. The standard InChI is InChI=1S/C5H12O3.CH4/c1-7-4-5-8-3-2-6;/h6H,2-5H2,1H3;1H4. The highest BCUT2D eigenvalue weighted by Crippen LogP contribution is 1.72. The minimum atomic E-state index is 0. The molecule has 0 rings (SSSR count). The zero-order valence-electron chi connectivity index (χ0n) is 5.09. The van der Waals surface area contributed by atoms with Gasteiger partial charge in [0.1, 0.15) is 0 Å². The van der Waals surface area contributed by atoms with Gasteiger partial charge in [-0.2, -0.15) is 0 Å². The molecule has 0 heterocycles. The lowest BCUT2D eigenvalue weighted by Crippen LogP contribution is -2.05. The number of rotatable bonds is 5. The van der Waals surface area contributed by atoms with E-state index in [0.717, 1.165) is 0 Å². The molecular weight excluding hydrogens is 120 g/mol. The summed E-state index contributed by atoms with van der Waals surface area (Å²) in [4.78, 5) is 0. The average Bonchev–Trinajstić information content (AvgIpc) is 1.81. The molecule has 58 valence electrons. The van der Waals surface area contributed by atoms with Crippen molar-refractivity contribution < 1.29 is 14.6 Å². The average molecular weight is 136 g/mol. The van der Waals surface area contributed by atoms with Gasteiger partial charge in [-0.3, -0.25) is 0 Å². The van der Waals surface area contributed by atoms with Crippen LogP contribution in [0, 0.1) is 0 Å². The zero-order chi connectivity index (χ0) is 6.24. The Balaban J connectivity index is 0. The largest absolute Gasteiger partial charge is 0.394 e. The van der Waals surface area contributed by atoms with E-state index >= 15 is 0 Å². The molecule has 0 radical (unpaired) electrons. The Hall–Kier alpha value is -0.120. The van der Waals surface area contributed by atoms with Gasteiger partial charge >= 0.3 is 0 Å². The van der Waals surface area contributed by atoms with Crippen molar-refractivity contribution >= 4 is 0 Å². The zero-order valence-corrected chi connectivity index (χ0v) is 5.09. The number of methoxy groups -OCH3 is 1. The Morgan fingerprint density at radius 1 is 1.22 bits per heavy atom. The quantitative estimate of drug-likeness (QED) is 0.552. The Labute approximate surface area is 56.6 Å². The molecule has 0 spiro atoms. The fourth-order valence-corrected chi connectivity index (χ4v) is 0.309. The summed E-state index contributed by atoms with van der Waals surface area (Å²) >= 11 is 0. The van der Waals surface area contributed by atoms with Crippen molar-refractivity contribution in [1.29, 1.82) is 0 Å². The third-order valence-corrected chi connectivity index (χ3v) is 0.667. The summed E-state index contributed by atoms with van der Waals surface area (Å²) in [6.45, 7) is 1.66. The van der Waals surface area contributed by atoms with Gasteiger partial charge in [0.2, 0.25) is 0 Å². The molecule has 0 aliphatic rings. The molecule has 0 aromatic carbocycles. The molecule has 3 nitrogen and oxygen atoms in total. The molecule has 0 bridgehead atoms. The molecule has 0 aromatic rings. The highest BCUT2D eigenvalue weighted by atomic mass is 16.5. The van der Waals surface area contributed by atoms with Gasteiger partial charge in [0, 0.05) is 7.11 Å². The summed E-state index contributed by atoms with van der Waals surface area (Å²) in [5.41, 5.74) is 0. The molecule has 0 fully saturated rings. The van der Waals surface area contributed by atoms with E-state index in [1.807, 2.05) is 0 Å². The van der Waals surface area contributed by atoms with Crippen LogP contribution in [0.2, 0.25) is 0 Å². The summed E-state index contributed by atoms with van der Waals surface area (Å²) in [6, 6.07) is 0. The van der Waals surface area contributed by atoms with Crippen LogP contribution in [-0.4, -0.2) is 38.6 Å².